The summed E-state index contributed by atoms with van der Waals surface area (Å²) in [5.74, 6) is 0.922. The first-order valence-corrected chi connectivity index (χ1v) is 10.2. The van der Waals surface area contributed by atoms with Crippen LogP contribution in [0.3, 0.4) is 0 Å². The molecule has 0 aliphatic rings. The fraction of sp³-hybridized carbons (Fsp3) is 0.250. The lowest BCUT2D eigenvalue weighted by molar-refractivity contribution is 0.0972. The molecular weight excluding hydrogens is 457 g/mol. The van der Waals surface area contributed by atoms with Gasteiger partial charge in [-0.3, -0.25) is 14.9 Å². The minimum Gasteiger partial charge on any atom is -0.492 e. The van der Waals surface area contributed by atoms with Gasteiger partial charge in [-0.2, -0.15) is 25.3 Å². The largest absolute Gasteiger partial charge is 0.492 e. The first-order chi connectivity index (χ1) is 13.9. The maximum absolute atomic E-state index is 12.3. The van der Waals surface area contributed by atoms with Gasteiger partial charge in [0, 0.05) is 23.3 Å². The molecule has 0 unspecified atom stereocenters. The van der Waals surface area contributed by atoms with E-state index >= 15 is 0 Å². The molecule has 1 heterocycles. The number of rotatable bonds is 8. The Morgan fingerprint density at radius 1 is 1.24 bits per heavy atom. The Bertz CT molecular complexity index is 915. The predicted molar refractivity (Wildman–Crippen MR) is 122 cm³/mol. The zero-order valence-electron chi connectivity index (χ0n) is 15.0. The Morgan fingerprint density at radius 3 is 2.62 bits per heavy atom. The van der Waals surface area contributed by atoms with Crippen LogP contribution in [0.25, 0.3) is 0 Å². The van der Waals surface area contributed by atoms with Crippen LogP contribution >= 0.6 is 48.6 Å². The van der Waals surface area contributed by atoms with E-state index in [-0.39, 0.29) is 41.6 Å². The molecule has 6 N–H and O–H groups in total. The van der Waals surface area contributed by atoms with Gasteiger partial charge in [0.15, 0.2) is 28.4 Å². The van der Waals surface area contributed by atoms with Crippen LogP contribution in [0.1, 0.15) is 21.6 Å². The average molecular weight is 476 g/mol. The molecule has 0 saturated carbocycles. The maximum Gasteiger partial charge on any atom is 0.280 e. The van der Waals surface area contributed by atoms with E-state index in [2.05, 4.69) is 50.4 Å². The van der Waals surface area contributed by atoms with Crippen LogP contribution in [0.15, 0.2) is 23.2 Å². The summed E-state index contributed by atoms with van der Waals surface area (Å²) in [6.45, 7) is 0.468. The molecule has 9 nitrogen and oxygen atoms in total. The lowest BCUT2D eigenvalue weighted by atomic mass is 10.1. The molecule has 0 aliphatic carbocycles. The number of guanidine groups is 1. The minimum atomic E-state index is -0.703. The number of hydrogen-bond acceptors (Lipinski definition) is 9. The average Bonchev–Trinajstić information content (AvgIpc) is 2.72. The van der Waals surface area contributed by atoms with E-state index in [4.69, 9.17) is 39.6 Å². The number of amides is 1. The van der Waals surface area contributed by atoms with Crippen LogP contribution in [0.2, 0.25) is 5.15 Å². The van der Waals surface area contributed by atoms with E-state index < -0.39 is 5.91 Å². The van der Waals surface area contributed by atoms with Gasteiger partial charge in [0.1, 0.15) is 12.4 Å². The molecule has 0 radical (unpaired) electrons. The van der Waals surface area contributed by atoms with Gasteiger partial charge >= 0.3 is 0 Å². The number of benzene rings is 1. The quantitative estimate of drug-likeness (QED) is 0.113. The van der Waals surface area contributed by atoms with Gasteiger partial charge in [-0.25, -0.2) is 15.0 Å². The molecule has 156 valence electrons. The summed E-state index contributed by atoms with van der Waals surface area (Å²) in [5.41, 5.74) is 13.2. The number of aliphatic imine (C=N–C) groups is 1. The van der Waals surface area contributed by atoms with Gasteiger partial charge in [0.25, 0.3) is 5.91 Å². The smallest absolute Gasteiger partial charge is 0.280 e. The number of nitrogens with one attached hydrogen (secondary N) is 2. The summed E-state index contributed by atoms with van der Waals surface area (Å²) in [6.07, 6.45) is 0. The molecule has 0 bridgehead atoms. The third kappa shape index (κ3) is 6.46. The normalized spacial score (nSPS) is 11.2. The lowest BCUT2D eigenvalue weighted by Crippen LogP contribution is -2.38. The first-order valence-electron chi connectivity index (χ1n) is 8.16. The number of nitrogens with two attached hydrogens (primary N) is 2. The van der Waals surface area contributed by atoms with Gasteiger partial charge in [-0.05, 0) is 23.3 Å². The van der Waals surface area contributed by atoms with Crippen molar-refractivity contribution in [3.8, 4) is 5.75 Å². The Labute approximate surface area is 188 Å². The summed E-state index contributed by atoms with van der Waals surface area (Å²) in [6, 6.07) is 5.68. The van der Waals surface area contributed by atoms with E-state index in [1.54, 1.807) is 0 Å². The lowest BCUT2D eigenvalue weighted by Gasteiger charge is -2.10. The second-order valence-electron chi connectivity index (χ2n) is 5.51. The second-order valence-corrected chi connectivity index (χ2v) is 6.69. The van der Waals surface area contributed by atoms with E-state index in [0.717, 1.165) is 11.1 Å². The number of aromatic nitrogens is 2. The molecule has 29 heavy (non-hydrogen) atoms. The molecule has 1 amide bonds. The molecule has 0 spiro atoms. The number of thiol groups is 2. The molecule has 1 aromatic heterocycles. The Morgan fingerprint density at radius 2 is 1.97 bits per heavy atom. The molecule has 1 aromatic carbocycles. The van der Waals surface area contributed by atoms with Crippen molar-refractivity contribution < 1.29 is 9.53 Å². The van der Waals surface area contributed by atoms with E-state index in [9.17, 15) is 4.79 Å². The van der Waals surface area contributed by atoms with Crippen molar-refractivity contribution in [2.24, 2.45) is 10.7 Å². The molecule has 0 atom stereocenters. The molecule has 2 aromatic rings. The fourth-order valence-corrected chi connectivity index (χ4v) is 3.05. The number of nitrogen functional groups attached to an aromatic ring is 1. The number of nitrogens with zero attached hydrogens (tertiary/aromatic N) is 3. The topological polar surface area (TPSA) is 141 Å². The first kappa shape index (κ1) is 23.2. The van der Waals surface area contributed by atoms with Crippen molar-refractivity contribution in [2.45, 2.75) is 11.5 Å². The highest BCUT2D eigenvalue weighted by Gasteiger charge is 2.18. The summed E-state index contributed by atoms with van der Waals surface area (Å²) < 4.78 is 5.64. The van der Waals surface area contributed by atoms with Crippen LogP contribution in [0.4, 0.5) is 11.6 Å². The molecule has 0 aliphatic heterocycles. The number of hydrogen-bond donors (Lipinski definition) is 6. The van der Waals surface area contributed by atoms with Gasteiger partial charge in [0.2, 0.25) is 0 Å². The van der Waals surface area contributed by atoms with Crippen LogP contribution in [0, 0.1) is 0 Å². The molecular formula is C16H19Cl2N7O2S2. The standard InChI is InChI=1S/C16H19Cl2N7O2S2/c17-12-13(19)23-14(25-18)11(22-12)15(26)24-16(20)21-3-4-27-10-2-1-8(6-28)9(5-10)7-29/h1-2,5,28-29H,3-4,6-7H2,(H3,19,23,25)(H3,20,21,24,26). The number of carbonyl (C=O) groups is 1. The Balaban J connectivity index is 1.92. The fourth-order valence-electron chi connectivity index (χ4n) is 2.19. The molecule has 0 fully saturated rings. The van der Waals surface area contributed by atoms with Gasteiger partial charge in [-0.1, -0.05) is 17.7 Å². The van der Waals surface area contributed by atoms with Crippen molar-refractivity contribution in [2.75, 3.05) is 23.7 Å². The summed E-state index contributed by atoms with van der Waals surface area (Å²) in [4.78, 5) is 26.1. The number of anilines is 2. The second kappa shape index (κ2) is 11.2. The monoisotopic (exact) mass is 475 g/mol. The highest BCUT2D eigenvalue weighted by molar-refractivity contribution is 7.79. The number of ether oxygens (including phenoxy) is 1. The highest BCUT2D eigenvalue weighted by atomic mass is 35.5. The van der Waals surface area contributed by atoms with Gasteiger partial charge in [0.05, 0.1) is 6.54 Å². The van der Waals surface area contributed by atoms with Gasteiger partial charge < -0.3 is 16.2 Å². The molecule has 13 heteroatoms. The van der Waals surface area contributed by atoms with Crippen LogP contribution in [-0.4, -0.2) is 35.0 Å². The van der Waals surface area contributed by atoms with E-state index in [1.807, 2.05) is 18.2 Å². The minimum absolute atomic E-state index is 0.0631. The number of halogens is 2. The summed E-state index contributed by atoms with van der Waals surface area (Å²) in [5, 5.41) is 2.22. The van der Waals surface area contributed by atoms with Crippen LogP contribution < -0.4 is 26.4 Å². The van der Waals surface area contributed by atoms with Crippen LogP contribution in [-0.2, 0) is 11.5 Å². The van der Waals surface area contributed by atoms with E-state index in [0.29, 0.717) is 17.3 Å². The molecule has 2 rings (SSSR count). The van der Waals surface area contributed by atoms with Crippen molar-refractivity contribution in [1.29, 1.82) is 0 Å². The SMILES string of the molecule is NC(=NCCOc1ccc(CS)c(CS)c1)NC(=O)c1nc(Cl)c(N)nc1NCl. The predicted octanol–water partition coefficient (Wildman–Crippen LogP) is 2.26. The van der Waals surface area contributed by atoms with Crippen LogP contribution in [0.5, 0.6) is 5.75 Å². The van der Waals surface area contributed by atoms with Crippen molar-refractivity contribution in [3.63, 3.8) is 0 Å². The molecule has 0 saturated heterocycles. The number of carbonyl (C=O) groups excluding carboxylic acids is 1. The highest BCUT2D eigenvalue weighted by Crippen LogP contribution is 2.21. The maximum atomic E-state index is 12.3. The third-order valence-electron chi connectivity index (χ3n) is 3.58. The van der Waals surface area contributed by atoms with Crippen molar-refractivity contribution in [1.82, 2.24) is 15.3 Å². The Kier molecular flexibility index (Phi) is 8.96. The Hall–Kier alpha value is -2.08. The third-order valence-corrected chi connectivity index (χ3v) is 4.72. The zero-order chi connectivity index (χ0) is 21.4. The zero-order valence-corrected chi connectivity index (χ0v) is 18.3. The van der Waals surface area contributed by atoms with Crippen molar-refractivity contribution in [3.05, 3.63) is 40.2 Å². The summed E-state index contributed by atoms with van der Waals surface area (Å²) in [7, 11) is 0. The van der Waals surface area contributed by atoms with Gasteiger partial charge in [-0.15, -0.1) is 0 Å². The van der Waals surface area contributed by atoms with Crippen molar-refractivity contribution >= 4 is 72.1 Å². The summed E-state index contributed by atoms with van der Waals surface area (Å²) >= 11 is 19.9. The van der Waals surface area contributed by atoms with E-state index in [1.165, 1.54) is 0 Å².